The molecule has 0 aromatic heterocycles. The summed E-state index contributed by atoms with van der Waals surface area (Å²) >= 11 is 0. The van der Waals surface area contributed by atoms with Gasteiger partial charge in [0.25, 0.3) is 5.91 Å². The molecule has 4 N–H and O–H groups in total. The third-order valence-corrected chi connectivity index (χ3v) is 3.09. The van der Waals surface area contributed by atoms with Gasteiger partial charge in [0.05, 0.1) is 0 Å². The van der Waals surface area contributed by atoms with E-state index < -0.39 is 0 Å². The van der Waals surface area contributed by atoms with Crippen LogP contribution in [0.1, 0.15) is 27.0 Å². The van der Waals surface area contributed by atoms with Gasteiger partial charge in [0, 0.05) is 17.7 Å². The van der Waals surface area contributed by atoms with E-state index in [4.69, 9.17) is 10.9 Å². The fourth-order valence-electron chi connectivity index (χ4n) is 1.96. The van der Waals surface area contributed by atoms with E-state index >= 15 is 0 Å². The van der Waals surface area contributed by atoms with Crippen molar-refractivity contribution in [3.05, 3.63) is 70.8 Å². The van der Waals surface area contributed by atoms with Gasteiger partial charge >= 0.3 is 0 Å². The Bertz CT molecular complexity index is 663. The molecule has 0 atom stereocenters. The van der Waals surface area contributed by atoms with Crippen molar-refractivity contribution in [3.63, 3.8) is 0 Å². The molecule has 0 heterocycles. The van der Waals surface area contributed by atoms with Gasteiger partial charge in [0.1, 0.15) is 0 Å². The van der Waals surface area contributed by atoms with E-state index in [1.54, 1.807) is 24.3 Å². The Labute approximate surface area is 123 Å². The first-order valence-electron chi connectivity index (χ1n) is 6.52. The first-order chi connectivity index (χ1) is 10.1. The van der Waals surface area contributed by atoms with Crippen LogP contribution in [0.4, 0.5) is 0 Å². The van der Waals surface area contributed by atoms with Crippen LogP contribution in [0.5, 0.6) is 0 Å². The molecular formula is C16H17N3O2. The van der Waals surface area contributed by atoms with Gasteiger partial charge in [-0.1, -0.05) is 47.1 Å². The monoisotopic (exact) mass is 283 g/mol. The minimum atomic E-state index is -0.164. The van der Waals surface area contributed by atoms with Crippen LogP contribution < -0.4 is 11.1 Å². The first-order valence-corrected chi connectivity index (χ1v) is 6.52. The molecule has 21 heavy (non-hydrogen) atoms. The molecule has 0 aliphatic heterocycles. The number of aryl methyl sites for hydroxylation is 1. The quantitative estimate of drug-likeness (QED) is 0.347. The van der Waals surface area contributed by atoms with E-state index in [1.165, 1.54) is 0 Å². The predicted molar refractivity (Wildman–Crippen MR) is 81.3 cm³/mol. The fraction of sp³-hybridized carbons (Fsp3) is 0.125. The molecule has 0 radical (unpaired) electrons. The number of nitrogens with zero attached hydrogens (tertiary/aromatic N) is 1. The standard InChI is InChI=1S/C16H17N3O2/c1-11-3-2-4-12(9-11)10-18-16(20)14-7-5-13(6-8-14)15(17)19-21/h2-9,21H,10H2,1H3,(H2,17,19)(H,18,20). The average molecular weight is 283 g/mol. The Hall–Kier alpha value is -2.82. The smallest absolute Gasteiger partial charge is 0.251 e. The van der Waals surface area contributed by atoms with Crippen molar-refractivity contribution in [1.29, 1.82) is 0 Å². The summed E-state index contributed by atoms with van der Waals surface area (Å²) in [5, 5.41) is 14.3. The molecule has 1 amide bonds. The van der Waals surface area contributed by atoms with Gasteiger partial charge < -0.3 is 16.3 Å². The number of amidine groups is 1. The van der Waals surface area contributed by atoms with E-state index in [0.29, 0.717) is 17.7 Å². The number of carbonyl (C=O) groups is 1. The number of hydrogen-bond acceptors (Lipinski definition) is 3. The Kier molecular flexibility index (Phi) is 4.56. The molecule has 0 saturated heterocycles. The second-order valence-electron chi connectivity index (χ2n) is 4.73. The van der Waals surface area contributed by atoms with Gasteiger partial charge in [-0.05, 0) is 24.6 Å². The van der Waals surface area contributed by atoms with E-state index in [0.717, 1.165) is 11.1 Å². The van der Waals surface area contributed by atoms with Crippen LogP contribution in [0.15, 0.2) is 53.7 Å². The van der Waals surface area contributed by atoms with E-state index in [-0.39, 0.29) is 11.7 Å². The highest BCUT2D eigenvalue weighted by Gasteiger charge is 2.06. The number of nitrogens with two attached hydrogens (primary N) is 1. The molecule has 2 rings (SSSR count). The predicted octanol–water partition coefficient (Wildman–Crippen LogP) is 2.02. The van der Waals surface area contributed by atoms with Crippen molar-refractivity contribution >= 4 is 11.7 Å². The molecule has 0 fully saturated rings. The zero-order chi connectivity index (χ0) is 15.2. The van der Waals surface area contributed by atoms with Crippen LogP contribution in [0.3, 0.4) is 0 Å². The number of nitrogens with one attached hydrogen (secondary N) is 1. The van der Waals surface area contributed by atoms with Gasteiger partial charge in [-0.25, -0.2) is 0 Å². The number of rotatable bonds is 4. The molecule has 2 aromatic carbocycles. The maximum absolute atomic E-state index is 12.0. The summed E-state index contributed by atoms with van der Waals surface area (Å²) in [6.45, 7) is 2.49. The Morgan fingerprint density at radius 2 is 1.86 bits per heavy atom. The van der Waals surface area contributed by atoms with Crippen LogP contribution >= 0.6 is 0 Å². The normalized spacial score (nSPS) is 11.2. The maximum Gasteiger partial charge on any atom is 0.251 e. The Morgan fingerprint density at radius 1 is 1.19 bits per heavy atom. The molecule has 2 aromatic rings. The van der Waals surface area contributed by atoms with Crippen LogP contribution in [0.25, 0.3) is 0 Å². The van der Waals surface area contributed by atoms with Crippen LogP contribution in [0, 0.1) is 6.92 Å². The molecule has 0 spiro atoms. The largest absolute Gasteiger partial charge is 0.409 e. The number of hydrogen-bond donors (Lipinski definition) is 3. The fourth-order valence-corrected chi connectivity index (χ4v) is 1.96. The van der Waals surface area contributed by atoms with Gasteiger partial charge in [-0.3, -0.25) is 4.79 Å². The van der Waals surface area contributed by atoms with Crippen LogP contribution in [-0.4, -0.2) is 17.0 Å². The molecule has 0 aliphatic carbocycles. The maximum atomic E-state index is 12.0. The van der Waals surface area contributed by atoms with Crippen molar-refractivity contribution in [2.75, 3.05) is 0 Å². The molecule has 0 unspecified atom stereocenters. The summed E-state index contributed by atoms with van der Waals surface area (Å²) in [4.78, 5) is 12.0. The minimum Gasteiger partial charge on any atom is -0.409 e. The molecule has 5 nitrogen and oxygen atoms in total. The third-order valence-electron chi connectivity index (χ3n) is 3.09. The topological polar surface area (TPSA) is 87.7 Å². The lowest BCUT2D eigenvalue weighted by molar-refractivity contribution is 0.0951. The summed E-state index contributed by atoms with van der Waals surface area (Å²) in [7, 11) is 0. The lowest BCUT2D eigenvalue weighted by Gasteiger charge is -2.07. The van der Waals surface area contributed by atoms with Crippen molar-refractivity contribution in [2.24, 2.45) is 10.9 Å². The van der Waals surface area contributed by atoms with E-state index in [1.807, 2.05) is 31.2 Å². The number of benzene rings is 2. The highest BCUT2D eigenvalue weighted by molar-refractivity contribution is 5.99. The van der Waals surface area contributed by atoms with Gasteiger partial charge in [0.2, 0.25) is 0 Å². The summed E-state index contributed by atoms with van der Waals surface area (Å²) in [6, 6.07) is 14.5. The lowest BCUT2D eigenvalue weighted by Crippen LogP contribution is -2.23. The van der Waals surface area contributed by atoms with E-state index in [9.17, 15) is 4.79 Å². The summed E-state index contributed by atoms with van der Waals surface area (Å²) in [5.41, 5.74) is 8.77. The highest BCUT2D eigenvalue weighted by Crippen LogP contribution is 2.06. The van der Waals surface area contributed by atoms with Crippen molar-refractivity contribution < 1.29 is 10.0 Å². The second kappa shape index (κ2) is 6.56. The molecule has 5 heteroatoms. The minimum absolute atomic E-state index is 0.0155. The molecule has 0 saturated carbocycles. The average Bonchev–Trinajstić information content (AvgIpc) is 2.52. The second-order valence-corrected chi connectivity index (χ2v) is 4.73. The zero-order valence-corrected chi connectivity index (χ0v) is 11.7. The lowest BCUT2D eigenvalue weighted by atomic mass is 10.1. The van der Waals surface area contributed by atoms with Crippen molar-refractivity contribution in [1.82, 2.24) is 5.32 Å². The van der Waals surface area contributed by atoms with Gasteiger partial charge in [-0.15, -0.1) is 0 Å². The Balaban J connectivity index is 2.00. The van der Waals surface area contributed by atoms with Crippen molar-refractivity contribution in [3.8, 4) is 0 Å². The molecule has 0 bridgehead atoms. The number of oxime groups is 1. The summed E-state index contributed by atoms with van der Waals surface area (Å²) < 4.78 is 0. The van der Waals surface area contributed by atoms with Crippen molar-refractivity contribution in [2.45, 2.75) is 13.5 Å². The molecular weight excluding hydrogens is 266 g/mol. The van der Waals surface area contributed by atoms with Crippen LogP contribution in [0.2, 0.25) is 0 Å². The SMILES string of the molecule is Cc1cccc(CNC(=O)c2ccc(C(N)=NO)cc2)c1. The van der Waals surface area contributed by atoms with E-state index in [2.05, 4.69) is 10.5 Å². The summed E-state index contributed by atoms with van der Waals surface area (Å²) in [5.74, 6) is -0.149. The first kappa shape index (κ1) is 14.6. The molecule has 0 aliphatic rings. The highest BCUT2D eigenvalue weighted by atomic mass is 16.4. The van der Waals surface area contributed by atoms with Crippen LogP contribution in [-0.2, 0) is 6.54 Å². The molecule has 108 valence electrons. The zero-order valence-electron chi connectivity index (χ0n) is 11.7. The third kappa shape index (κ3) is 3.82. The van der Waals surface area contributed by atoms with Gasteiger partial charge in [-0.2, -0.15) is 0 Å². The summed E-state index contributed by atoms with van der Waals surface area (Å²) in [6.07, 6.45) is 0. The number of carbonyl (C=O) groups excluding carboxylic acids is 1. The Morgan fingerprint density at radius 3 is 2.48 bits per heavy atom. The number of amides is 1. The van der Waals surface area contributed by atoms with Gasteiger partial charge in [0.15, 0.2) is 5.84 Å².